The second-order valence-electron chi connectivity index (χ2n) is 10.7. The molecule has 0 aromatic heterocycles. The molecule has 3 nitrogen and oxygen atoms in total. The second-order valence-corrected chi connectivity index (χ2v) is 10.7. The zero-order chi connectivity index (χ0) is 17.0. The lowest BCUT2D eigenvalue weighted by Crippen LogP contribution is -2.76. The maximum atomic E-state index is 2.78. The van der Waals surface area contributed by atoms with E-state index in [1.54, 1.807) is 0 Å². The first-order valence-electron chi connectivity index (χ1n) is 9.74. The highest BCUT2D eigenvalue weighted by atomic mass is 15.4. The molecule has 3 fully saturated rings. The number of rotatable bonds is 2. The monoisotopic (exact) mass is 321 g/mol. The lowest BCUT2D eigenvalue weighted by molar-refractivity contribution is -0.161. The molecule has 0 aromatic rings. The fourth-order valence-electron chi connectivity index (χ4n) is 4.89. The van der Waals surface area contributed by atoms with Crippen LogP contribution in [0.2, 0.25) is 0 Å². The lowest BCUT2D eigenvalue weighted by Gasteiger charge is -2.65. The molecule has 1 atom stereocenters. The molecule has 0 bridgehead atoms. The van der Waals surface area contributed by atoms with Crippen LogP contribution in [-0.4, -0.2) is 71.1 Å². The van der Waals surface area contributed by atoms with E-state index in [2.05, 4.69) is 63.2 Å². The van der Waals surface area contributed by atoms with Gasteiger partial charge in [0.15, 0.2) is 0 Å². The first-order valence-corrected chi connectivity index (χ1v) is 9.74. The third-order valence-corrected chi connectivity index (χ3v) is 6.82. The lowest BCUT2D eigenvalue weighted by atomic mass is 9.69. The molecule has 3 rings (SSSR count). The van der Waals surface area contributed by atoms with Crippen LogP contribution in [0, 0.1) is 11.3 Å². The highest BCUT2D eigenvalue weighted by molar-refractivity contribution is 5.09. The topological polar surface area (TPSA) is 9.72 Å². The minimum atomic E-state index is 0.345. The van der Waals surface area contributed by atoms with Crippen molar-refractivity contribution in [3.63, 3.8) is 0 Å². The van der Waals surface area contributed by atoms with Crippen LogP contribution in [0.3, 0.4) is 0 Å². The van der Waals surface area contributed by atoms with E-state index in [-0.39, 0.29) is 0 Å². The quantitative estimate of drug-likeness (QED) is 0.772. The highest BCUT2D eigenvalue weighted by Gasteiger charge is 2.55. The van der Waals surface area contributed by atoms with Crippen LogP contribution < -0.4 is 0 Å². The van der Waals surface area contributed by atoms with Gasteiger partial charge in [-0.25, -0.2) is 0 Å². The van der Waals surface area contributed by atoms with Crippen molar-refractivity contribution in [3.8, 4) is 0 Å². The van der Waals surface area contributed by atoms with Crippen molar-refractivity contribution in [3.05, 3.63) is 0 Å². The molecule has 3 aliphatic rings. The molecule has 3 aliphatic heterocycles. The largest absolute Gasteiger partial charge is 0.299 e. The molecule has 0 saturated carbocycles. The van der Waals surface area contributed by atoms with E-state index in [1.165, 1.54) is 52.1 Å². The van der Waals surface area contributed by atoms with Crippen LogP contribution in [0.4, 0.5) is 0 Å². The molecule has 1 spiro atoms. The second kappa shape index (κ2) is 5.71. The van der Waals surface area contributed by atoms with Crippen molar-refractivity contribution >= 4 is 0 Å². The van der Waals surface area contributed by atoms with Gasteiger partial charge in [-0.05, 0) is 80.3 Å². The standard InChI is InChI=1S/C20H39N3/c1-16(17-8-10-22(11-9-17)18(2,3)4)21-12-20(13-21)14-23(15-20)19(5,6)7/h16-17H,8-15H2,1-7H3. The van der Waals surface area contributed by atoms with E-state index < -0.39 is 0 Å². The van der Waals surface area contributed by atoms with Gasteiger partial charge in [-0.2, -0.15) is 0 Å². The Kier molecular flexibility index (Phi) is 4.39. The fraction of sp³-hybridized carbons (Fsp3) is 1.00. The summed E-state index contributed by atoms with van der Waals surface area (Å²) in [7, 11) is 0. The Morgan fingerprint density at radius 1 is 0.783 bits per heavy atom. The Labute approximate surface area is 144 Å². The molecule has 0 radical (unpaired) electrons. The zero-order valence-electron chi connectivity index (χ0n) is 16.7. The Hall–Kier alpha value is -0.120. The average Bonchev–Trinajstić information content (AvgIpc) is 2.32. The zero-order valence-corrected chi connectivity index (χ0v) is 16.7. The van der Waals surface area contributed by atoms with Crippen LogP contribution in [0.5, 0.6) is 0 Å². The predicted molar refractivity (Wildman–Crippen MR) is 98.8 cm³/mol. The van der Waals surface area contributed by atoms with E-state index in [0.29, 0.717) is 16.5 Å². The van der Waals surface area contributed by atoms with E-state index in [0.717, 1.165) is 12.0 Å². The summed E-state index contributed by atoms with van der Waals surface area (Å²) >= 11 is 0. The van der Waals surface area contributed by atoms with Gasteiger partial charge in [0.05, 0.1) is 0 Å². The Morgan fingerprint density at radius 2 is 1.26 bits per heavy atom. The number of piperidine rings is 1. The van der Waals surface area contributed by atoms with Crippen LogP contribution >= 0.6 is 0 Å². The molecule has 3 heteroatoms. The summed E-state index contributed by atoms with van der Waals surface area (Å²) in [6.45, 7) is 24.5. The van der Waals surface area contributed by atoms with Crippen LogP contribution in [0.15, 0.2) is 0 Å². The van der Waals surface area contributed by atoms with Gasteiger partial charge in [0.25, 0.3) is 0 Å². The summed E-state index contributed by atoms with van der Waals surface area (Å²) in [6.07, 6.45) is 2.77. The van der Waals surface area contributed by atoms with Gasteiger partial charge in [-0.15, -0.1) is 0 Å². The number of likely N-dealkylation sites (tertiary alicyclic amines) is 3. The van der Waals surface area contributed by atoms with Crippen molar-refractivity contribution in [2.24, 2.45) is 11.3 Å². The molecule has 0 amide bonds. The minimum absolute atomic E-state index is 0.345. The molecule has 23 heavy (non-hydrogen) atoms. The fourth-order valence-corrected chi connectivity index (χ4v) is 4.89. The normalized spacial score (nSPS) is 29.3. The van der Waals surface area contributed by atoms with E-state index >= 15 is 0 Å². The maximum Gasteiger partial charge on any atom is 0.0212 e. The molecule has 3 heterocycles. The third-order valence-electron chi connectivity index (χ3n) is 6.82. The van der Waals surface area contributed by atoms with E-state index in [4.69, 9.17) is 0 Å². The van der Waals surface area contributed by atoms with Crippen molar-refractivity contribution < 1.29 is 0 Å². The van der Waals surface area contributed by atoms with E-state index in [1.807, 2.05) is 0 Å². The summed E-state index contributed by atoms with van der Waals surface area (Å²) in [6, 6.07) is 0.784. The first kappa shape index (κ1) is 17.7. The average molecular weight is 322 g/mol. The van der Waals surface area contributed by atoms with Crippen molar-refractivity contribution in [2.75, 3.05) is 39.3 Å². The highest BCUT2D eigenvalue weighted by Crippen LogP contribution is 2.44. The minimum Gasteiger partial charge on any atom is -0.299 e. The van der Waals surface area contributed by atoms with Gasteiger partial charge in [-0.3, -0.25) is 14.7 Å². The number of nitrogens with zero attached hydrogens (tertiary/aromatic N) is 3. The van der Waals surface area contributed by atoms with Gasteiger partial charge in [0.2, 0.25) is 0 Å². The van der Waals surface area contributed by atoms with Crippen molar-refractivity contribution in [2.45, 2.75) is 78.4 Å². The SMILES string of the molecule is CC(C1CCN(C(C)(C)C)CC1)N1CC2(C1)CN(C(C)(C)C)C2. The summed E-state index contributed by atoms with van der Waals surface area (Å²) < 4.78 is 0. The van der Waals surface area contributed by atoms with Crippen molar-refractivity contribution in [1.29, 1.82) is 0 Å². The molecule has 3 saturated heterocycles. The molecule has 134 valence electrons. The Balaban J connectivity index is 1.43. The van der Waals surface area contributed by atoms with Crippen LogP contribution in [-0.2, 0) is 0 Å². The first-order chi connectivity index (χ1) is 10.5. The summed E-state index contributed by atoms with van der Waals surface area (Å²) in [5.41, 5.74) is 1.35. The third kappa shape index (κ3) is 3.48. The van der Waals surface area contributed by atoms with Gasteiger partial charge < -0.3 is 0 Å². The molecule has 0 aromatic carbocycles. The molecule has 0 N–H and O–H groups in total. The van der Waals surface area contributed by atoms with E-state index in [9.17, 15) is 0 Å². The van der Waals surface area contributed by atoms with Gasteiger partial charge >= 0.3 is 0 Å². The summed E-state index contributed by atoms with van der Waals surface area (Å²) in [5, 5.41) is 0. The molecular weight excluding hydrogens is 282 g/mol. The Bertz CT molecular complexity index is 409. The van der Waals surface area contributed by atoms with Gasteiger partial charge in [0.1, 0.15) is 0 Å². The smallest absolute Gasteiger partial charge is 0.0212 e. The van der Waals surface area contributed by atoms with Gasteiger partial charge in [-0.1, -0.05) is 0 Å². The van der Waals surface area contributed by atoms with Crippen LogP contribution in [0.25, 0.3) is 0 Å². The maximum absolute atomic E-state index is 2.78. The summed E-state index contributed by atoms with van der Waals surface area (Å²) in [5.74, 6) is 0.907. The number of hydrogen-bond donors (Lipinski definition) is 0. The Morgan fingerprint density at radius 3 is 1.70 bits per heavy atom. The molecule has 0 aliphatic carbocycles. The molecule has 1 unspecified atom stereocenters. The van der Waals surface area contributed by atoms with Crippen LogP contribution in [0.1, 0.15) is 61.3 Å². The summed E-state index contributed by atoms with van der Waals surface area (Å²) in [4.78, 5) is 8.09. The van der Waals surface area contributed by atoms with Crippen molar-refractivity contribution in [1.82, 2.24) is 14.7 Å². The molecular formula is C20H39N3. The van der Waals surface area contributed by atoms with Gasteiger partial charge in [0, 0.05) is 48.7 Å². The number of hydrogen-bond acceptors (Lipinski definition) is 3. The predicted octanol–water partition coefficient (Wildman–Crippen LogP) is 3.30.